The lowest BCUT2D eigenvalue weighted by molar-refractivity contribution is -0.138. The second-order valence-electron chi connectivity index (χ2n) is 4.78. The zero-order valence-corrected chi connectivity index (χ0v) is 10.7. The van der Waals surface area contributed by atoms with Crippen molar-refractivity contribution in [2.24, 2.45) is 0 Å². The number of hydrogen-bond donors (Lipinski definition) is 1. The Hall–Kier alpha value is -1.07. The lowest BCUT2D eigenvalue weighted by atomic mass is 10.1. The molecule has 0 radical (unpaired) electrons. The van der Waals surface area contributed by atoms with Gasteiger partial charge in [0, 0.05) is 25.8 Å². The van der Waals surface area contributed by atoms with E-state index in [2.05, 4.69) is 5.32 Å². The van der Waals surface area contributed by atoms with Crippen LogP contribution in [0.3, 0.4) is 0 Å². The summed E-state index contributed by atoms with van der Waals surface area (Å²) < 4.78 is 43.8. The highest BCUT2D eigenvalue weighted by Crippen LogP contribution is 2.31. The summed E-state index contributed by atoms with van der Waals surface area (Å²) in [5.41, 5.74) is -0.243. The lowest BCUT2D eigenvalue weighted by Gasteiger charge is -2.18. The van der Waals surface area contributed by atoms with Gasteiger partial charge in [0.25, 0.3) is 0 Å². The number of nitrogens with one attached hydrogen (secondary N) is 1. The minimum Gasteiger partial charge on any atom is -0.381 e. The highest BCUT2D eigenvalue weighted by molar-refractivity contribution is 5.29. The van der Waals surface area contributed by atoms with Crippen LogP contribution in [0.15, 0.2) is 24.3 Å². The molecule has 5 heteroatoms. The molecule has 1 aromatic carbocycles. The summed E-state index contributed by atoms with van der Waals surface area (Å²) in [4.78, 5) is 0. The van der Waals surface area contributed by atoms with Crippen LogP contribution in [0.2, 0.25) is 0 Å². The minimum absolute atomic E-state index is 0.240. The molecular weight excluding hydrogens is 255 g/mol. The van der Waals surface area contributed by atoms with E-state index in [9.17, 15) is 13.2 Å². The second-order valence-corrected chi connectivity index (χ2v) is 4.78. The molecule has 1 N–H and O–H groups in total. The molecule has 0 bridgehead atoms. The molecule has 2 nitrogen and oxygen atoms in total. The molecule has 1 aromatic rings. The van der Waals surface area contributed by atoms with Crippen molar-refractivity contribution in [1.82, 2.24) is 5.32 Å². The van der Waals surface area contributed by atoms with E-state index in [4.69, 9.17) is 4.74 Å². The Morgan fingerprint density at radius 1 is 1.16 bits per heavy atom. The van der Waals surface area contributed by atoms with Crippen LogP contribution in [0.5, 0.6) is 0 Å². The summed E-state index contributed by atoms with van der Waals surface area (Å²) in [5.74, 6) is 0. The molecule has 0 aromatic heterocycles. The van der Waals surface area contributed by atoms with E-state index >= 15 is 0 Å². The van der Waals surface area contributed by atoms with Gasteiger partial charge in [0.2, 0.25) is 0 Å². The second kappa shape index (κ2) is 6.39. The molecule has 0 aliphatic carbocycles. The summed E-state index contributed by atoms with van der Waals surface area (Å²) in [6.45, 7) is 1.68. The molecule has 106 valence electrons. The third kappa shape index (κ3) is 4.21. The van der Waals surface area contributed by atoms with Crippen molar-refractivity contribution < 1.29 is 17.9 Å². The fraction of sp³-hybridized carbons (Fsp3) is 0.571. The first-order chi connectivity index (χ1) is 9.07. The van der Waals surface area contributed by atoms with Crippen LogP contribution < -0.4 is 5.32 Å². The maximum Gasteiger partial charge on any atom is 0.416 e. The summed E-state index contributed by atoms with van der Waals surface area (Å²) in [6, 6.07) is 5.97. The first kappa shape index (κ1) is 14.3. The first-order valence-corrected chi connectivity index (χ1v) is 6.53. The van der Waals surface area contributed by atoms with Crippen molar-refractivity contribution >= 4 is 0 Å². The van der Waals surface area contributed by atoms with E-state index in [0.717, 1.165) is 31.9 Å². The van der Waals surface area contributed by atoms with Gasteiger partial charge < -0.3 is 10.1 Å². The zero-order chi connectivity index (χ0) is 13.7. The highest BCUT2D eigenvalue weighted by Gasteiger charge is 2.32. The molecule has 2 rings (SSSR count). The number of hydrogen-bond acceptors (Lipinski definition) is 2. The Kier molecular flexibility index (Phi) is 4.82. The molecule has 1 fully saturated rings. The van der Waals surface area contributed by atoms with Gasteiger partial charge in [0.15, 0.2) is 0 Å². The van der Waals surface area contributed by atoms with Gasteiger partial charge in [-0.15, -0.1) is 0 Å². The van der Waals surface area contributed by atoms with Crippen molar-refractivity contribution in [1.29, 1.82) is 0 Å². The van der Waals surface area contributed by atoms with Crippen LogP contribution in [-0.4, -0.2) is 19.3 Å². The maximum absolute atomic E-state index is 12.8. The quantitative estimate of drug-likeness (QED) is 0.911. The van der Waals surface area contributed by atoms with Crippen molar-refractivity contribution in [2.45, 2.75) is 38.0 Å². The molecule has 0 saturated carbocycles. The molecule has 1 aliphatic heterocycles. The SMILES string of the molecule is FC(F)(F)c1ccccc1CNC1CCCOCC1. The molecule has 0 amide bonds. The lowest BCUT2D eigenvalue weighted by Crippen LogP contribution is -2.29. The van der Waals surface area contributed by atoms with Crippen molar-refractivity contribution in [3.8, 4) is 0 Å². The number of rotatable bonds is 3. The van der Waals surface area contributed by atoms with Crippen molar-refractivity contribution in [3.05, 3.63) is 35.4 Å². The van der Waals surface area contributed by atoms with Crippen LogP contribution in [0.4, 0.5) is 13.2 Å². The predicted octanol–water partition coefficient (Wildman–Crippen LogP) is 3.36. The van der Waals surface area contributed by atoms with Crippen LogP contribution in [0, 0.1) is 0 Å². The minimum atomic E-state index is -4.29. The average Bonchev–Trinajstić information content (AvgIpc) is 2.64. The molecule has 1 heterocycles. The topological polar surface area (TPSA) is 21.3 Å². The Balaban J connectivity index is 1.99. The molecule has 1 aliphatic rings. The highest BCUT2D eigenvalue weighted by atomic mass is 19.4. The molecule has 1 unspecified atom stereocenters. The van der Waals surface area contributed by atoms with E-state index in [1.807, 2.05) is 0 Å². The van der Waals surface area contributed by atoms with E-state index in [1.165, 1.54) is 12.1 Å². The monoisotopic (exact) mass is 273 g/mol. The van der Waals surface area contributed by atoms with Crippen molar-refractivity contribution in [3.63, 3.8) is 0 Å². The van der Waals surface area contributed by atoms with Crippen LogP contribution in [-0.2, 0) is 17.5 Å². The normalized spacial score (nSPS) is 21.1. The van der Waals surface area contributed by atoms with Gasteiger partial charge in [-0.1, -0.05) is 18.2 Å². The number of ether oxygens (including phenoxy) is 1. The molecule has 1 saturated heterocycles. The van der Waals surface area contributed by atoms with Crippen molar-refractivity contribution in [2.75, 3.05) is 13.2 Å². The van der Waals surface area contributed by atoms with Gasteiger partial charge in [0.05, 0.1) is 5.56 Å². The largest absolute Gasteiger partial charge is 0.416 e. The van der Waals surface area contributed by atoms with Gasteiger partial charge >= 0.3 is 6.18 Å². The first-order valence-electron chi connectivity index (χ1n) is 6.53. The maximum atomic E-state index is 12.8. The third-order valence-electron chi connectivity index (χ3n) is 3.36. The molecule has 1 atom stereocenters. The summed E-state index contributed by atoms with van der Waals surface area (Å²) in [5, 5.41) is 3.21. The average molecular weight is 273 g/mol. The fourth-order valence-electron chi connectivity index (χ4n) is 2.31. The molecule has 19 heavy (non-hydrogen) atoms. The summed E-state index contributed by atoms with van der Waals surface area (Å²) in [6.07, 6.45) is -1.52. The zero-order valence-electron chi connectivity index (χ0n) is 10.7. The standard InChI is InChI=1S/C14H18F3NO/c15-14(16,17)13-6-2-1-4-11(13)10-18-12-5-3-8-19-9-7-12/h1-2,4,6,12,18H,3,5,7-10H2. The number of halogens is 3. The fourth-order valence-corrected chi connectivity index (χ4v) is 2.31. The van der Waals surface area contributed by atoms with Crippen LogP contribution in [0.1, 0.15) is 30.4 Å². The van der Waals surface area contributed by atoms with E-state index in [1.54, 1.807) is 6.07 Å². The Morgan fingerprint density at radius 2 is 1.95 bits per heavy atom. The van der Waals surface area contributed by atoms with E-state index < -0.39 is 11.7 Å². The summed E-state index contributed by atoms with van der Waals surface area (Å²) >= 11 is 0. The summed E-state index contributed by atoms with van der Waals surface area (Å²) in [7, 11) is 0. The number of benzene rings is 1. The molecule has 0 spiro atoms. The van der Waals surface area contributed by atoms with Gasteiger partial charge in [-0.3, -0.25) is 0 Å². The molecular formula is C14H18F3NO. The van der Waals surface area contributed by atoms with Crippen LogP contribution in [0.25, 0.3) is 0 Å². The Labute approximate surface area is 111 Å². The van der Waals surface area contributed by atoms with Crippen LogP contribution >= 0.6 is 0 Å². The van der Waals surface area contributed by atoms with E-state index in [0.29, 0.717) is 12.2 Å². The third-order valence-corrected chi connectivity index (χ3v) is 3.36. The smallest absolute Gasteiger partial charge is 0.381 e. The number of alkyl halides is 3. The van der Waals surface area contributed by atoms with Gasteiger partial charge in [-0.05, 0) is 30.9 Å². The van der Waals surface area contributed by atoms with E-state index in [-0.39, 0.29) is 12.6 Å². The van der Waals surface area contributed by atoms with Gasteiger partial charge in [-0.25, -0.2) is 0 Å². The Bertz CT molecular complexity index is 398. The Morgan fingerprint density at radius 3 is 2.74 bits per heavy atom. The van der Waals surface area contributed by atoms with Gasteiger partial charge in [0.1, 0.15) is 0 Å². The predicted molar refractivity (Wildman–Crippen MR) is 66.7 cm³/mol. The van der Waals surface area contributed by atoms with Gasteiger partial charge in [-0.2, -0.15) is 13.2 Å².